The van der Waals surface area contributed by atoms with Gasteiger partial charge in [0.25, 0.3) is 0 Å². The van der Waals surface area contributed by atoms with Crippen molar-refractivity contribution in [3.63, 3.8) is 0 Å². The molecule has 1 N–H and O–H groups in total. The first-order chi connectivity index (χ1) is 14.3. The van der Waals surface area contributed by atoms with Crippen LogP contribution in [0.1, 0.15) is 37.7 Å². The number of guanidine groups is 1. The fourth-order valence-corrected chi connectivity index (χ4v) is 4.07. The largest absolute Gasteiger partial charge is 0.382 e. The lowest BCUT2D eigenvalue weighted by molar-refractivity contribution is 0.0536. The third-order valence-electron chi connectivity index (χ3n) is 5.77. The van der Waals surface area contributed by atoms with Crippen LogP contribution in [0.15, 0.2) is 23.3 Å². The SMILES string of the molecule is CN=C(NCc1ccc(N2CCCCCC2)nc1)N1CCC(COCCOC)C1.I. The highest BCUT2D eigenvalue weighted by Gasteiger charge is 2.24. The Balaban J connectivity index is 0.00000320. The maximum Gasteiger partial charge on any atom is 0.193 e. The molecule has 2 aliphatic rings. The van der Waals surface area contributed by atoms with Gasteiger partial charge in [0.05, 0.1) is 19.8 Å². The van der Waals surface area contributed by atoms with Gasteiger partial charge in [-0.15, -0.1) is 24.0 Å². The Bertz CT molecular complexity index is 620. The summed E-state index contributed by atoms with van der Waals surface area (Å²) in [6.07, 6.45) is 8.37. The molecule has 2 aliphatic heterocycles. The second-order valence-corrected chi connectivity index (χ2v) is 8.00. The quantitative estimate of drug-likeness (QED) is 0.241. The second kappa shape index (κ2) is 14.0. The average Bonchev–Trinajstić information content (AvgIpc) is 3.05. The lowest BCUT2D eigenvalue weighted by Crippen LogP contribution is -2.39. The fourth-order valence-electron chi connectivity index (χ4n) is 4.07. The molecular weight excluding hydrogens is 493 g/mol. The third kappa shape index (κ3) is 7.85. The molecular formula is C22H38IN5O2. The molecule has 0 amide bonds. The van der Waals surface area contributed by atoms with E-state index in [1.165, 1.54) is 31.2 Å². The standard InChI is InChI=1S/C22H37N5O2.HI/c1-23-22(27-12-9-20(17-27)18-29-14-13-28-2)25-16-19-7-8-21(24-15-19)26-10-5-3-4-6-11-26;/h7-8,15,20H,3-6,9-14,16-18H2,1-2H3,(H,23,25);1H. The van der Waals surface area contributed by atoms with Gasteiger partial charge in [-0.3, -0.25) is 4.99 Å². The molecule has 3 heterocycles. The molecule has 0 saturated carbocycles. The molecule has 1 atom stereocenters. The number of hydrogen-bond donors (Lipinski definition) is 1. The van der Waals surface area contributed by atoms with E-state index in [0.29, 0.717) is 19.1 Å². The van der Waals surface area contributed by atoms with Gasteiger partial charge in [-0.05, 0) is 30.9 Å². The molecule has 7 nitrogen and oxygen atoms in total. The van der Waals surface area contributed by atoms with Gasteiger partial charge < -0.3 is 24.6 Å². The van der Waals surface area contributed by atoms with Crippen LogP contribution in [-0.4, -0.2) is 76.0 Å². The number of hydrogen-bond acceptors (Lipinski definition) is 5. The van der Waals surface area contributed by atoms with Gasteiger partial charge in [-0.1, -0.05) is 18.9 Å². The van der Waals surface area contributed by atoms with E-state index >= 15 is 0 Å². The Kier molecular flexibility index (Phi) is 11.8. The van der Waals surface area contributed by atoms with Crippen molar-refractivity contribution in [3.8, 4) is 0 Å². The number of rotatable bonds is 8. The predicted octanol–water partition coefficient (Wildman–Crippen LogP) is 3.14. The number of likely N-dealkylation sites (tertiary alicyclic amines) is 1. The van der Waals surface area contributed by atoms with Gasteiger partial charge in [-0.2, -0.15) is 0 Å². The molecule has 2 fully saturated rings. The molecule has 0 aliphatic carbocycles. The minimum atomic E-state index is 0. The molecule has 3 rings (SSSR count). The molecule has 1 aromatic rings. The van der Waals surface area contributed by atoms with Crippen molar-refractivity contribution in [2.24, 2.45) is 10.9 Å². The Morgan fingerprint density at radius 3 is 2.63 bits per heavy atom. The summed E-state index contributed by atoms with van der Waals surface area (Å²) in [7, 11) is 3.56. The van der Waals surface area contributed by atoms with Crippen LogP contribution in [0.25, 0.3) is 0 Å². The van der Waals surface area contributed by atoms with Crippen LogP contribution >= 0.6 is 24.0 Å². The first-order valence-corrected chi connectivity index (χ1v) is 11.0. The number of ether oxygens (including phenoxy) is 2. The van der Waals surface area contributed by atoms with Crippen molar-refractivity contribution in [1.82, 2.24) is 15.2 Å². The molecule has 1 aromatic heterocycles. The van der Waals surface area contributed by atoms with Crippen LogP contribution in [0.5, 0.6) is 0 Å². The number of nitrogens with zero attached hydrogens (tertiary/aromatic N) is 4. The molecule has 2 saturated heterocycles. The molecule has 0 bridgehead atoms. The zero-order valence-electron chi connectivity index (χ0n) is 18.5. The van der Waals surface area contributed by atoms with E-state index < -0.39 is 0 Å². The maximum atomic E-state index is 5.69. The average molecular weight is 531 g/mol. The van der Waals surface area contributed by atoms with E-state index in [1.54, 1.807) is 7.11 Å². The zero-order valence-corrected chi connectivity index (χ0v) is 20.8. The highest BCUT2D eigenvalue weighted by molar-refractivity contribution is 14.0. The second-order valence-electron chi connectivity index (χ2n) is 8.00. The Labute approximate surface area is 198 Å². The number of methoxy groups -OCH3 is 1. The van der Waals surface area contributed by atoms with Crippen molar-refractivity contribution in [3.05, 3.63) is 23.9 Å². The van der Waals surface area contributed by atoms with Crippen LogP contribution in [-0.2, 0) is 16.0 Å². The van der Waals surface area contributed by atoms with Crippen molar-refractivity contribution in [2.75, 3.05) is 65.1 Å². The molecule has 30 heavy (non-hydrogen) atoms. The summed E-state index contributed by atoms with van der Waals surface area (Å²) in [5.74, 6) is 2.62. The summed E-state index contributed by atoms with van der Waals surface area (Å²) in [6, 6.07) is 4.35. The highest BCUT2D eigenvalue weighted by atomic mass is 127. The number of aromatic nitrogens is 1. The smallest absolute Gasteiger partial charge is 0.193 e. The number of pyridine rings is 1. The van der Waals surface area contributed by atoms with Crippen molar-refractivity contribution < 1.29 is 9.47 Å². The third-order valence-corrected chi connectivity index (χ3v) is 5.77. The minimum Gasteiger partial charge on any atom is -0.382 e. The molecule has 0 spiro atoms. The summed E-state index contributed by atoms with van der Waals surface area (Å²) in [4.78, 5) is 13.9. The Hall–Kier alpha value is -1.13. The summed E-state index contributed by atoms with van der Waals surface area (Å²) < 4.78 is 10.7. The van der Waals surface area contributed by atoms with Crippen LogP contribution in [0.3, 0.4) is 0 Å². The fraction of sp³-hybridized carbons (Fsp3) is 0.727. The van der Waals surface area contributed by atoms with E-state index in [9.17, 15) is 0 Å². The van der Waals surface area contributed by atoms with E-state index in [4.69, 9.17) is 14.5 Å². The first kappa shape index (κ1) is 25.1. The van der Waals surface area contributed by atoms with E-state index in [-0.39, 0.29) is 24.0 Å². The highest BCUT2D eigenvalue weighted by Crippen LogP contribution is 2.18. The van der Waals surface area contributed by atoms with Gasteiger partial charge in [0.1, 0.15) is 5.82 Å². The predicted molar refractivity (Wildman–Crippen MR) is 133 cm³/mol. The van der Waals surface area contributed by atoms with Gasteiger partial charge in [0.15, 0.2) is 5.96 Å². The van der Waals surface area contributed by atoms with Gasteiger partial charge in [0.2, 0.25) is 0 Å². The lowest BCUT2D eigenvalue weighted by Gasteiger charge is -2.23. The molecule has 1 unspecified atom stereocenters. The summed E-state index contributed by atoms with van der Waals surface area (Å²) in [5, 5.41) is 3.50. The van der Waals surface area contributed by atoms with Gasteiger partial charge in [0, 0.05) is 59.0 Å². The van der Waals surface area contributed by atoms with Crippen LogP contribution in [0.2, 0.25) is 0 Å². The molecule has 0 aromatic carbocycles. The summed E-state index contributed by atoms with van der Waals surface area (Å²) in [5.41, 5.74) is 1.18. The monoisotopic (exact) mass is 531 g/mol. The van der Waals surface area contributed by atoms with Crippen LogP contribution in [0, 0.1) is 5.92 Å². The van der Waals surface area contributed by atoms with E-state index in [0.717, 1.165) is 57.5 Å². The van der Waals surface area contributed by atoms with Crippen molar-refractivity contribution in [2.45, 2.75) is 38.6 Å². The molecule has 0 radical (unpaired) electrons. The van der Waals surface area contributed by atoms with Crippen LogP contribution < -0.4 is 10.2 Å². The molecule has 8 heteroatoms. The van der Waals surface area contributed by atoms with Crippen LogP contribution in [0.4, 0.5) is 5.82 Å². The normalized spacial score (nSPS) is 20.1. The Morgan fingerprint density at radius 1 is 1.17 bits per heavy atom. The minimum absolute atomic E-state index is 0. The number of anilines is 1. The van der Waals surface area contributed by atoms with Crippen molar-refractivity contribution >= 4 is 35.8 Å². The first-order valence-electron chi connectivity index (χ1n) is 11.0. The van der Waals surface area contributed by atoms with E-state index in [1.807, 2.05) is 13.2 Å². The van der Waals surface area contributed by atoms with Gasteiger partial charge in [-0.25, -0.2) is 4.98 Å². The lowest BCUT2D eigenvalue weighted by atomic mass is 10.1. The Morgan fingerprint density at radius 2 is 1.97 bits per heavy atom. The van der Waals surface area contributed by atoms with Gasteiger partial charge >= 0.3 is 0 Å². The maximum absolute atomic E-state index is 5.69. The zero-order chi connectivity index (χ0) is 20.3. The number of nitrogens with one attached hydrogen (secondary N) is 1. The number of aliphatic imine (C=N–C) groups is 1. The topological polar surface area (TPSA) is 62.2 Å². The summed E-state index contributed by atoms with van der Waals surface area (Å²) in [6.45, 7) is 7.11. The molecule has 170 valence electrons. The van der Waals surface area contributed by atoms with Crippen molar-refractivity contribution in [1.29, 1.82) is 0 Å². The number of halogens is 1. The summed E-state index contributed by atoms with van der Waals surface area (Å²) >= 11 is 0. The van der Waals surface area contributed by atoms with E-state index in [2.05, 4.69) is 32.2 Å².